The lowest BCUT2D eigenvalue weighted by Gasteiger charge is -2.34. The smallest absolute Gasteiger partial charge is 0.191 e. The average Bonchev–Trinajstić information content (AvgIpc) is 3.33. The van der Waals surface area contributed by atoms with Gasteiger partial charge in [-0.3, -0.25) is 4.99 Å². The van der Waals surface area contributed by atoms with E-state index in [0.717, 1.165) is 62.6 Å². The van der Waals surface area contributed by atoms with Crippen LogP contribution < -0.4 is 10.6 Å². The number of nitrogens with one attached hydrogen (secondary N) is 2. The zero-order valence-electron chi connectivity index (χ0n) is 15.8. The second kappa shape index (κ2) is 8.94. The van der Waals surface area contributed by atoms with E-state index in [4.69, 9.17) is 14.1 Å². The van der Waals surface area contributed by atoms with E-state index in [1.54, 1.807) is 6.26 Å². The van der Waals surface area contributed by atoms with Crippen LogP contribution in [0.15, 0.2) is 27.8 Å². The predicted molar refractivity (Wildman–Crippen MR) is 103 cm³/mol. The summed E-state index contributed by atoms with van der Waals surface area (Å²) in [5.74, 6) is 3.93. The van der Waals surface area contributed by atoms with Gasteiger partial charge in [0, 0.05) is 38.3 Å². The highest BCUT2D eigenvalue weighted by molar-refractivity contribution is 5.80. The van der Waals surface area contributed by atoms with Crippen LogP contribution in [0.4, 0.5) is 0 Å². The van der Waals surface area contributed by atoms with Crippen LogP contribution in [0.25, 0.3) is 0 Å². The first-order chi connectivity index (χ1) is 12.9. The van der Waals surface area contributed by atoms with Crippen molar-refractivity contribution >= 4 is 5.96 Å². The topological polar surface area (TPSA) is 58.8 Å². The van der Waals surface area contributed by atoms with Gasteiger partial charge in [0.2, 0.25) is 0 Å². The molecular formula is C21H33N3O2. The molecule has 0 aromatic carbocycles. The van der Waals surface area contributed by atoms with E-state index in [2.05, 4.69) is 10.6 Å². The minimum absolute atomic E-state index is 0.474. The maximum absolute atomic E-state index is 5.50. The summed E-state index contributed by atoms with van der Waals surface area (Å²) in [6.07, 6.45) is 13.0. The highest BCUT2D eigenvalue weighted by Crippen LogP contribution is 2.42. The third-order valence-corrected chi connectivity index (χ3v) is 6.40. The summed E-state index contributed by atoms with van der Waals surface area (Å²) in [5, 5.41) is 7.43. The van der Waals surface area contributed by atoms with E-state index in [-0.39, 0.29) is 0 Å². The van der Waals surface area contributed by atoms with E-state index in [1.807, 2.05) is 12.1 Å². The molecule has 0 bridgehead atoms. The summed E-state index contributed by atoms with van der Waals surface area (Å²) >= 11 is 0. The largest absolute Gasteiger partial charge is 0.469 e. The van der Waals surface area contributed by atoms with Crippen molar-refractivity contribution in [2.45, 2.75) is 69.9 Å². The summed E-state index contributed by atoms with van der Waals surface area (Å²) in [6.45, 7) is 2.46. The highest BCUT2D eigenvalue weighted by Gasteiger charge is 2.34. The molecule has 5 heteroatoms. The van der Waals surface area contributed by atoms with Gasteiger partial charge in [0.25, 0.3) is 0 Å². The van der Waals surface area contributed by atoms with E-state index < -0.39 is 0 Å². The lowest BCUT2D eigenvalue weighted by atomic mass is 9.79. The van der Waals surface area contributed by atoms with Crippen molar-refractivity contribution in [1.82, 2.24) is 10.6 Å². The normalized spacial score (nSPS) is 30.2. The van der Waals surface area contributed by atoms with Crippen molar-refractivity contribution in [3.63, 3.8) is 0 Å². The van der Waals surface area contributed by atoms with Gasteiger partial charge in [0.15, 0.2) is 5.96 Å². The number of furan rings is 1. The molecule has 2 heterocycles. The van der Waals surface area contributed by atoms with Gasteiger partial charge in [-0.05, 0) is 56.1 Å². The third-order valence-electron chi connectivity index (χ3n) is 6.40. The van der Waals surface area contributed by atoms with Gasteiger partial charge in [-0.25, -0.2) is 0 Å². The molecule has 2 saturated carbocycles. The summed E-state index contributed by atoms with van der Waals surface area (Å²) in [4.78, 5) is 4.87. The monoisotopic (exact) mass is 359 g/mol. The molecule has 4 rings (SSSR count). The van der Waals surface area contributed by atoms with Crippen molar-refractivity contribution in [3.05, 3.63) is 24.2 Å². The number of ether oxygens (including phenoxy) is 1. The number of hydrogen-bond donors (Lipinski definition) is 2. The number of nitrogens with zero attached hydrogens (tertiary/aromatic N) is 1. The summed E-state index contributed by atoms with van der Waals surface area (Å²) in [5.41, 5.74) is 0. The van der Waals surface area contributed by atoms with Crippen molar-refractivity contribution < 1.29 is 9.15 Å². The molecule has 0 amide bonds. The zero-order chi connectivity index (χ0) is 17.6. The number of aliphatic imine (C=N–C) groups is 1. The Kier molecular flexibility index (Phi) is 6.15. The predicted octanol–water partition coefficient (Wildman–Crippen LogP) is 3.51. The highest BCUT2D eigenvalue weighted by atomic mass is 16.5. The summed E-state index contributed by atoms with van der Waals surface area (Å²) in [6, 6.07) is 5.01. The van der Waals surface area contributed by atoms with E-state index >= 15 is 0 Å². The first kappa shape index (κ1) is 17.9. The molecule has 26 heavy (non-hydrogen) atoms. The second-order valence-corrected chi connectivity index (χ2v) is 8.20. The van der Waals surface area contributed by atoms with Crippen molar-refractivity contribution in [1.29, 1.82) is 0 Å². The molecule has 2 aliphatic carbocycles. The van der Waals surface area contributed by atoms with Crippen LogP contribution in [0.5, 0.6) is 0 Å². The fourth-order valence-corrected chi connectivity index (χ4v) is 4.93. The molecule has 0 spiro atoms. The molecule has 1 aromatic heterocycles. The van der Waals surface area contributed by atoms with Crippen molar-refractivity contribution in [2.24, 2.45) is 16.8 Å². The first-order valence-electron chi connectivity index (χ1n) is 10.5. The van der Waals surface area contributed by atoms with Crippen LogP contribution in [-0.4, -0.2) is 37.8 Å². The van der Waals surface area contributed by atoms with Gasteiger partial charge < -0.3 is 19.8 Å². The van der Waals surface area contributed by atoms with Crippen molar-refractivity contribution in [3.8, 4) is 0 Å². The molecule has 0 radical (unpaired) electrons. The minimum Gasteiger partial charge on any atom is -0.469 e. The maximum atomic E-state index is 5.50. The van der Waals surface area contributed by atoms with Gasteiger partial charge in [0.05, 0.1) is 6.26 Å². The minimum atomic E-state index is 0.474. The van der Waals surface area contributed by atoms with Gasteiger partial charge in [-0.2, -0.15) is 0 Å². The molecular weight excluding hydrogens is 326 g/mol. The molecule has 5 nitrogen and oxygen atoms in total. The Hall–Kier alpha value is -1.49. The third kappa shape index (κ3) is 4.81. The Balaban J connectivity index is 1.34. The molecule has 3 aliphatic rings. The van der Waals surface area contributed by atoms with Crippen LogP contribution >= 0.6 is 0 Å². The quantitative estimate of drug-likeness (QED) is 0.624. The molecule has 3 fully saturated rings. The Bertz CT molecular complexity index is 566. The van der Waals surface area contributed by atoms with Crippen LogP contribution in [0.1, 0.15) is 57.1 Å². The number of hydrogen-bond acceptors (Lipinski definition) is 3. The van der Waals surface area contributed by atoms with E-state index in [9.17, 15) is 0 Å². The standard InChI is InChI=1S/C21H33N3O2/c1-3-16-6-7-19(15-17(16)4-1)24-21(23-18-9-13-25-14-10-18)22-11-8-20-5-2-12-26-20/h2,5,12,16-19H,1,3-4,6-11,13-15H2,(H2,22,23,24). The average molecular weight is 360 g/mol. The first-order valence-corrected chi connectivity index (χ1v) is 10.5. The molecule has 2 N–H and O–H groups in total. The Morgan fingerprint density at radius 3 is 2.69 bits per heavy atom. The molecule has 1 aliphatic heterocycles. The van der Waals surface area contributed by atoms with Gasteiger partial charge in [0.1, 0.15) is 5.76 Å². The SMILES string of the molecule is c1coc(CCN=C(NC2CCOCC2)NC2CCC3CCCC3C2)c1. The lowest BCUT2D eigenvalue weighted by Crippen LogP contribution is -2.50. The zero-order valence-corrected chi connectivity index (χ0v) is 15.8. The fraction of sp³-hybridized carbons (Fsp3) is 0.762. The lowest BCUT2D eigenvalue weighted by molar-refractivity contribution is 0.0821. The molecule has 3 unspecified atom stereocenters. The summed E-state index contributed by atoms with van der Waals surface area (Å²) < 4.78 is 10.9. The van der Waals surface area contributed by atoms with Crippen LogP contribution in [-0.2, 0) is 11.2 Å². The molecule has 1 aromatic rings. The van der Waals surface area contributed by atoms with Crippen molar-refractivity contribution in [2.75, 3.05) is 19.8 Å². The van der Waals surface area contributed by atoms with Crippen LogP contribution in [0.2, 0.25) is 0 Å². The molecule has 144 valence electrons. The van der Waals surface area contributed by atoms with E-state index in [1.165, 1.54) is 38.5 Å². The fourth-order valence-electron chi connectivity index (χ4n) is 4.93. The Morgan fingerprint density at radius 2 is 1.85 bits per heavy atom. The second-order valence-electron chi connectivity index (χ2n) is 8.20. The number of fused-ring (bicyclic) bond motifs is 1. The van der Waals surface area contributed by atoms with Gasteiger partial charge in [-0.1, -0.05) is 19.3 Å². The van der Waals surface area contributed by atoms with Crippen LogP contribution in [0.3, 0.4) is 0 Å². The summed E-state index contributed by atoms with van der Waals surface area (Å²) in [7, 11) is 0. The maximum Gasteiger partial charge on any atom is 0.191 e. The number of guanidine groups is 1. The van der Waals surface area contributed by atoms with E-state index in [0.29, 0.717) is 12.1 Å². The molecule has 1 saturated heterocycles. The number of rotatable bonds is 5. The van der Waals surface area contributed by atoms with Gasteiger partial charge in [-0.15, -0.1) is 0 Å². The Labute approximate surface area is 157 Å². The van der Waals surface area contributed by atoms with Gasteiger partial charge >= 0.3 is 0 Å². The van der Waals surface area contributed by atoms with Crippen LogP contribution in [0, 0.1) is 11.8 Å². The molecule has 3 atom stereocenters. The Morgan fingerprint density at radius 1 is 1.00 bits per heavy atom.